The molecule has 1 atom stereocenters. The largest absolute Gasteiger partial charge is 0.489 e. The second-order valence-electron chi connectivity index (χ2n) is 8.53. The lowest BCUT2D eigenvalue weighted by molar-refractivity contribution is -0.253. The SMILES string of the molecule is OC(F)(F)C(F)CN(Cc1cccc(OC(F)(F)C(F)F)c1)c1cccc(OCc2cccc(SC(F)(F)F)c2)c1. The van der Waals surface area contributed by atoms with Gasteiger partial charge in [-0.25, -0.2) is 4.39 Å². The van der Waals surface area contributed by atoms with Crippen LogP contribution >= 0.6 is 11.8 Å². The Kier molecular flexibility index (Phi) is 10.3. The average Bonchev–Trinajstić information content (AvgIpc) is 2.86. The molecule has 0 aliphatic rings. The summed E-state index contributed by atoms with van der Waals surface area (Å²) in [6.45, 7) is -1.70. The van der Waals surface area contributed by atoms with Crippen LogP contribution < -0.4 is 14.4 Å². The Morgan fingerprint density at radius 1 is 0.780 bits per heavy atom. The molecule has 224 valence electrons. The maximum atomic E-state index is 14.2. The molecule has 0 aliphatic carbocycles. The highest BCUT2D eigenvalue weighted by molar-refractivity contribution is 8.00. The highest BCUT2D eigenvalue weighted by Gasteiger charge is 2.44. The molecule has 3 aromatic carbocycles. The zero-order chi connectivity index (χ0) is 30.4. The Morgan fingerprint density at radius 2 is 1.41 bits per heavy atom. The lowest BCUT2D eigenvalue weighted by Gasteiger charge is -2.28. The standard InChI is InChI=1S/C26H21F10NO3S/c27-22(24(30,31)38)14-37(13-16-4-1-8-20(10-16)40-25(32,33)23(28)29)18-6-3-7-19(12-18)39-15-17-5-2-9-21(11-17)41-26(34,35)36/h1-12,22-23,38H,13-15H2. The van der Waals surface area contributed by atoms with Crippen molar-refractivity contribution in [1.82, 2.24) is 0 Å². The van der Waals surface area contributed by atoms with Gasteiger partial charge in [-0.2, -0.15) is 39.5 Å². The number of ether oxygens (including phenoxy) is 2. The summed E-state index contributed by atoms with van der Waals surface area (Å²) >= 11 is -0.310. The minimum absolute atomic E-state index is 0.0695. The topological polar surface area (TPSA) is 41.9 Å². The molecule has 0 aliphatic heterocycles. The molecule has 15 heteroatoms. The van der Waals surface area contributed by atoms with Crippen molar-refractivity contribution in [3.8, 4) is 11.5 Å². The summed E-state index contributed by atoms with van der Waals surface area (Å²) in [4.78, 5) is 0.932. The monoisotopic (exact) mass is 617 g/mol. The molecule has 1 N–H and O–H groups in total. The fourth-order valence-corrected chi connectivity index (χ4v) is 4.09. The molecule has 0 bridgehead atoms. The normalized spacial score (nSPS) is 13.3. The number of benzene rings is 3. The highest BCUT2D eigenvalue weighted by Crippen LogP contribution is 2.37. The number of alkyl halides is 10. The van der Waals surface area contributed by atoms with Crippen molar-refractivity contribution >= 4 is 17.4 Å². The van der Waals surface area contributed by atoms with Crippen molar-refractivity contribution in [3.63, 3.8) is 0 Å². The summed E-state index contributed by atoms with van der Waals surface area (Å²) in [6, 6.07) is 15.3. The van der Waals surface area contributed by atoms with E-state index in [1.807, 2.05) is 0 Å². The number of hydrogen-bond donors (Lipinski definition) is 1. The van der Waals surface area contributed by atoms with E-state index in [9.17, 15) is 43.9 Å². The summed E-state index contributed by atoms with van der Waals surface area (Å²) in [7, 11) is 0. The van der Waals surface area contributed by atoms with Gasteiger partial charge in [0.05, 0.1) is 6.54 Å². The second-order valence-corrected chi connectivity index (χ2v) is 9.67. The first-order valence-electron chi connectivity index (χ1n) is 11.5. The molecule has 0 spiro atoms. The van der Waals surface area contributed by atoms with Crippen LogP contribution in [0, 0.1) is 0 Å². The summed E-state index contributed by atoms with van der Waals surface area (Å²) in [5.74, 6) is -0.554. The van der Waals surface area contributed by atoms with Gasteiger partial charge < -0.3 is 19.5 Å². The summed E-state index contributed by atoms with van der Waals surface area (Å²) in [5.41, 5.74) is -3.97. The molecule has 0 heterocycles. The van der Waals surface area contributed by atoms with Crippen LogP contribution in [0.25, 0.3) is 0 Å². The Balaban J connectivity index is 1.81. The van der Waals surface area contributed by atoms with Crippen molar-refractivity contribution in [3.05, 3.63) is 83.9 Å². The van der Waals surface area contributed by atoms with Crippen LogP contribution in [0.4, 0.5) is 49.6 Å². The van der Waals surface area contributed by atoms with Crippen molar-refractivity contribution in [2.45, 2.75) is 48.4 Å². The Bertz CT molecular complexity index is 1290. The Morgan fingerprint density at radius 3 is 2.07 bits per heavy atom. The molecule has 0 fully saturated rings. The van der Waals surface area contributed by atoms with Crippen molar-refractivity contribution in [2.24, 2.45) is 0 Å². The number of hydrogen-bond acceptors (Lipinski definition) is 5. The molecule has 1 unspecified atom stereocenters. The molecule has 0 saturated heterocycles. The summed E-state index contributed by atoms with van der Waals surface area (Å²) < 4.78 is 140. The van der Waals surface area contributed by atoms with Crippen LogP contribution in [-0.2, 0) is 13.2 Å². The van der Waals surface area contributed by atoms with Crippen LogP contribution in [0.5, 0.6) is 11.5 Å². The van der Waals surface area contributed by atoms with Crippen LogP contribution in [0.3, 0.4) is 0 Å². The molecule has 0 radical (unpaired) electrons. The van der Waals surface area contributed by atoms with E-state index in [1.165, 1.54) is 60.7 Å². The number of anilines is 1. The van der Waals surface area contributed by atoms with Gasteiger partial charge in [0.15, 0.2) is 0 Å². The van der Waals surface area contributed by atoms with E-state index < -0.39 is 49.2 Å². The lowest BCUT2D eigenvalue weighted by atomic mass is 10.1. The maximum absolute atomic E-state index is 14.2. The Labute approximate surface area is 231 Å². The minimum atomic E-state index is -4.81. The number of nitrogens with zero attached hydrogens (tertiary/aromatic N) is 1. The van der Waals surface area contributed by atoms with E-state index in [2.05, 4.69) is 4.74 Å². The van der Waals surface area contributed by atoms with Gasteiger partial charge in [-0.1, -0.05) is 30.3 Å². The summed E-state index contributed by atoms with van der Waals surface area (Å²) in [6.07, 6.45) is -16.8. The molecule has 0 aromatic heterocycles. The van der Waals surface area contributed by atoms with Crippen LogP contribution in [0.15, 0.2) is 77.7 Å². The molecule has 3 aromatic rings. The fraction of sp³-hybridized carbons (Fsp3) is 0.308. The van der Waals surface area contributed by atoms with Gasteiger partial charge in [0, 0.05) is 23.2 Å². The predicted octanol–water partition coefficient (Wildman–Crippen LogP) is 8.04. The van der Waals surface area contributed by atoms with Gasteiger partial charge in [-0.15, -0.1) is 0 Å². The van der Waals surface area contributed by atoms with Gasteiger partial charge in [-0.05, 0) is 59.3 Å². The van der Waals surface area contributed by atoms with Gasteiger partial charge >= 0.3 is 24.2 Å². The minimum Gasteiger partial charge on any atom is -0.489 e. The van der Waals surface area contributed by atoms with E-state index in [0.717, 1.165) is 17.0 Å². The van der Waals surface area contributed by atoms with Crippen LogP contribution in [0.1, 0.15) is 11.1 Å². The van der Waals surface area contributed by atoms with Crippen LogP contribution in [0.2, 0.25) is 0 Å². The molecule has 0 amide bonds. The van der Waals surface area contributed by atoms with E-state index >= 15 is 0 Å². The number of halogens is 10. The van der Waals surface area contributed by atoms with E-state index in [4.69, 9.17) is 9.84 Å². The van der Waals surface area contributed by atoms with E-state index in [0.29, 0.717) is 5.56 Å². The van der Waals surface area contributed by atoms with Crippen molar-refractivity contribution in [1.29, 1.82) is 0 Å². The quantitative estimate of drug-likeness (QED) is 0.155. The first-order valence-corrected chi connectivity index (χ1v) is 12.3. The molecule has 41 heavy (non-hydrogen) atoms. The fourth-order valence-electron chi connectivity index (χ4n) is 3.46. The van der Waals surface area contributed by atoms with Gasteiger partial charge in [0.25, 0.3) is 0 Å². The smallest absolute Gasteiger partial charge is 0.461 e. The lowest BCUT2D eigenvalue weighted by Crippen LogP contribution is -2.40. The van der Waals surface area contributed by atoms with Crippen LogP contribution in [-0.4, -0.2) is 42.0 Å². The first kappa shape index (κ1) is 32.2. The van der Waals surface area contributed by atoms with Gasteiger partial charge in [-0.3, -0.25) is 0 Å². The zero-order valence-electron chi connectivity index (χ0n) is 20.6. The van der Waals surface area contributed by atoms with Crippen molar-refractivity contribution < 1.29 is 58.5 Å². The third kappa shape index (κ3) is 10.2. The highest BCUT2D eigenvalue weighted by atomic mass is 32.2. The third-order valence-corrected chi connectivity index (χ3v) is 5.98. The molecular weight excluding hydrogens is 596 g/mol. The Hall–Kier alpha value is -3.33. The summed E-state index contributed by atoms with van der Waals surface area (Å²) in [5, 5.41) is 8.82. The molecule has 4 nitrogen and oxygen atoms in total. The van der Waals surface area contributed by atoms with Crippen molar-refractivity contribution in [2.75, 3.05) is 11.4 Å². The molecule has 3 rings (SSSR count). The van der Waals surface area contributed by atoms with E-state index in [1.54, 1.807) is 0 Å². The number of thioether (sulfide) groups is 1. The average molecular weight is 618 g/mol. The first-order chi connectivity index (χ1) is 19.0. The maximum Gasteiger partial charge on any atom is 0.461 e. The molecule has 0 saturated carbocycles. The third-order valence-electron chi connectivity index (χ3n) is 5.26. The zero-order valence-corrected chi connectivity index (χ0v) is 21.4. The second kappa shape index (κ2) is 13.1. The van der Waals surface area contributed by atoms with Gasteiger partial charge in [0.1, 0.15) is 18.1 Å². The van der Waals surface area contributed by atoms with Gasteiger partial charge in [0.2, 0.25) is 6.17 Å². The van der Waals surface area contributed by atoms with E-state index in [-0.39, 0.29) is 40.3 Å². The number of rotatable bonds is 13. The number of aliphatic hydroxyl groups is 1. The predicted molar refractivity (Wildman–Crippen MR) is 130 cm³/mol. The molecular formula is C26H21F10NO3S.